The number of alkyl halides is 3. The molecule has 4 rings (SSSR count). The minimum atomic E-state index is -5.08. The second-order valence-electron chi connectivity index (χ2n) is 6.45. The third-order valence-electron chi connectivity index (χ3n) is 4.18. The Morgan fingerprint density at radius 3 is 2.50 bits per heavy atom. The number of nitrogens with zero attached hydrogens (tertiary/aromatic N) is 5. The molecule has 0 saturated carbocycles. The normalized spacial score (nSPS) is 16.0. The molecule has 1 saturated heterocycles. The van der Waals surface area contributed by atoms with E-state index >= 15 is 0 Å². The van der Waals surface area contributed by atoms with Crippen LogP contribution in [0, 0.1) is 6.92 Å². The second-order valence-corrected chi connectivity index (χ2v) is 7.53. The standard InChI is InChI=1S/C15H17N5O2S.C2HF3O2/c1-10-5-6-12(18-17-10)19-7-2-4-11-13(19)16-14(23-11)15(21)20-8-3-9-22-20;3-2(4,5)1(6)7/h5-6H,2-4,7-9H2,1H3;(H,6,7). The number of amides is 1. The maximum Gasteiger partial charge on any atom is 0.490 e. The highest BCUT2D eigenvalue weighted by Gasteiger charge is 2.38. The van der Waals surface area contributed by atoms with Crippen LogP contribution >= 0.6 is 11.3 Å². The van der Waals surface area contributed by atoms with E-state index in [9.17, 15) is 18.0 Å². The fraction of sp³-hybridized carbons (Fsp3) is 0.471. The topological polar surface area (TPSA) is 109 Å². The first kappa shape index (κ1) is 21.9. The van der Waals surface area contributed by atoms with Crippen molar-refractivity contribution in [2.75, 3.05) is 24.6 Å². The summed E-state index contributed by atoms with van der Waals surface area (Å²) in [6.45, 7) is 3.98. The van der Waals surface area contributed by atoms with E-state index in [-0.39, 0.29) is 5.91 Å². The van der Waals surface area contributed by atoms with Gasteiger partial charge >= 0.3 is 18.1 Å². The van der Waals surface area contributed by atoms with Gasteiger partial charge in [-0.05, 0) is 38.3 Å². The molecule has 0 aromatic carbocycles. The lowest BCUT2D eigenvalue weighted by atomic mass is 10.2. The molecule has 2 aliphatic heterocycles. The fourth-order valence-corrected chi connectivity index (χ4v) is 3.83. The minimum Gasteiger partial charge on any atom is -0.475 e. The van der Waals surface area contributed by atoms with Crippen molar-refractivity contribution in [3.8, 4) is 0 Å². The lowest BCUT2D eigenvalue weighted by Gasteiger charge is -2.25. The van der Waals surface area contributed by atoms with Crippen LogP contribution in [0.1, 0.15) is 33.2 Å². The molecule has 0 spiro atoms. The summed E-state index contributed by atoms with van der Waals surface area (Å²) in [5.74, 6) is -1.29. The van der Waals surface area contributed by atoms with Crippen molar-refractivity contribution in [3.63, 3.8) is 0 Å². The molecule has 1 N–H and O–H groups in total. The van der Waals surface area contributed by atoms with Crippen LogP contribution in [-0.2, 0) is 16.1 Å². The third kappa shape index (κ3) is 5.02. The number of hydrogen-bond acceptors (Lipinski definition) is 8. The van der Waals surface area contributed by atoms with Crippen LogP contribution in [0.15, 0.2) is 12.1 Å². The van der Waals surface area contributed by atoms with Crippen molar-refractivity contribution in [1.29, 1.82) is 0 Å². The highest BCUT2D eigenvalue weighted by Crippen LogP contribution is 2.36. The number of carboxylic acid groups (broad SMARTS) is 1. The lowest BCUT2D eigenvalue weighted by molar-refractivity contribution is -0.192. The number of hydrogen-bond donors (Lipinski definition) is 1. The van der Waals surface area contributed by atoms with Gasteiger partial charge in [-0.2, -0.15) is 18.3 Å². The van der Waals surface area contributed by atoms with Gasteiger partial charge in [0.1, 0.15) is 5.82 Å². The van der Waals surface area contributed by atoms with Crippen LogP contribution in [0.5, 0.6) is 0 Å². The maximum atomic E-state index is 12.5. The molecular formula is C17H18F3N5O4S. The molecule has 2 aromatic rings. The summed E-state index contributed by atoms with van der Waals surface area (Å²) in [6, 6.07) is 3.88. The van der Waals surface area contributed by atoms with E-state index in [1.807, 2.05) is 24.0 Å². The number of anilines is 2. The van der Waals surface area contributed by atoms with Gasteiger partial charge in [0, 0.05) is 11.4 Å². The Hall–Kier alpha value is -2.80. The number of aromatic nitrogens is 3. The second kappa shape index (κ2) is 8.92. The fourth-order valence-electron chi connectivity index (χ4n) is 2.79. The number of carbonyl (C=O) groups excluding carboxylic acids is 1. The minimum absolute atomic E-state index is 0.142. The van der Waals surface area contributed by atoms with Gasteiger partial charge in [0.05, 0.1) is 18.8 Å². The van der Waals surface area contributed by atoms with Gasteiger partial charge < -0.3 is 10.0 Å². The Labute approximate surface area is 173 Å². The quantitative estimate of drug-likeness (QED) is 0.752. The number of carbonyl (C=O) groups is 2. The van der Waals surface area contributed by atoms with E-state index in [0.717, 1.165) is 48.0 Å². The summed E-state index contributed by atoms with van der Waals surface area (Å²) in [7, 11) is 0. The molecule has 4 heterocycles. The summed E-state index contributed by atoms with van der Waals surface area (Å²) in [6.07, 6.45) is -2.25. The van der Waals surface area contributed by atoms with Crippen LogP contribution < -0.4 is 4.90 Å². The smallest absolute Gasteiger partial charge is 0.475 e. The predicted octanol–water partition coefficient (Wildman–Crippen LogP) is 2.74. The van der Waals surface area contributed by atoms with Gasteiger partial charge in [-0.25, -0.2) is 14.8 Å². The predicted molar refractivity (Wildman–Crippen MR) is 99.5 cm³/mol. The van der Waals surface area contributed by atoms with Gasteiger partial charge in [0.2, 0.25) is 0 Å². The number of fused-ring (bicyclic) bond motifs is 1. The highest BCUT2D eigenvalue weighted by molar-refractivity contribution is 7.14. The van der Waals surface area contributed by atoms with Crippen LogP contribution in [0.2, 0.25) is 0 Å². The van der Waals surface area contributed by atoms with Crippen molar-refractivity contribution < 1.29 is 32.7 Å². The molecule has 0 aliphatic carbocycles. The summed E-state index contributed by atoms with van der Waals surface area (Å²) < 4.78 is 31.7. The zero-order valence-electron chi connectivity index (χ0n) is 15.8. The molecule has 0 bridgehead atoms. The average Bonchev–Trinajstić information content (AvgIpc) is 3.37. The first-order valence-corrected chi connectivity index (χ1v) is 9.81. The van der Waals surface area contributed by atoms with Crippen LogP contribution in [0.3, 0.4) is 0 Å². The SMILES string of the molecule is Cc1ccc(N2CCCc3sc(C(=O)N4CCCO4)nc32)nn1.O=C(O)C(F)(F)F. The molecule has 0 radical (unpaired) electrons. The number of thiazole rings is 1. The van der Waals surface area contributed by atoms with Gasteiger partial charge in [-0.15, -0.1) is 16.4 Å². The van der Waals surface area contributed by atoms with Crippen molar-refractivity contribution in [3.05, 3.63) is 27.7 Å². The van der Waals surface area contributed by atoms with Gasteiger partial charge in [0.15, 0.2) is 10.8 Å². The van der Waals surface area contributed by atoms with E-state index < -0.39 is 12.1 Å². The zero-order valence-corrected chi connectivity index (χ0v) is 16.7. The van der Waals surface area contributed by atoms with Crippen LogP contribution in [0.4, 0.5) is 24.8 Å². The van der Waals surface area contributed by atoms with Crippen molar-refractivity contribution in [2.24, 2.45) is 0 Å². The van der Waals surface area contributed by atoms with Crippen LogP contribution in [0.25, 0.3) is 0 Å². The van der Waals surface area contributed by atoms with Crippen molar-refractivity contribution >= 4 is 34.8 Å². The molecule has 9 nitrogen and oxygen atoms in total. The first-order chi connectivity index (χ1) is 14.2. The Bertz CT molecular complexity index is 913. The van der Waals surface area contributed by atoms with E-state index in [1.54, 1.807) is 0 Å². The number of rotatable bonds is 2. The van der Waals surface area contributed by atoms with Crippen molar-refractivity contribution in [1.82, 2.24) is 20.2 Å². The monoisotopic (exact) mass is 445 g/mol. The van der Waals surface area contributed by atoms with Crippen molar-refractivity contribution in [2.45, 2.75) is 32.4 Å². The number of aryl methyl sites for hydroxylation is 2. The van der Waals surface area contributed by atoms with Crippen LogP contribution in [-0.4, -0.2) is 63.1 Å². The Kier molecular flexibility index (Phi) is 6.51. The molecule has 1 fully saturated rings. The summed E-state index contributed by atoms with van der Waals surface area (Å²) in [5.41, 5.74) is 0.881. The molecular weight excluding hydrogens is 427 g/mol. The number of aliphatic carboxylic acids is 1. The number of hydroxylamine groups is 2. The largest absolute Gasteiger partial charge is 0.490 e. The summed E-state index contributed by atoms with van der Waals surface area (Å²) >= 11 is 1.46. The summed E-state index contributed by atoms with van der Waals surface area (Å²) in [5, 5.41) is 17.4. The molecule has 13 heteroatoms. The Balaban J connectivity index is 0.000000318. The maximum absolute atomic E-state index is 12.5. The third-order valence-corrected chi connectivity index (χ3v) is 5.28. The van der Waals surface area contributed by atoms with Gasteiger partial charge in [0.25, 0.3) is 0 Å². The highest BCUT2D eigenvalue weighted by atomic mass is 32.1. The van der Waals surface area contributed by atoms with Gasteiger partial charge in [-0.1, -0.05) is 0 Å². The molecule has 1 amide bonds. The average molecular weight is 445 g/mol. The summed E-state index contributed by atoms with van der Waals surface area (Å²) in [4.78, 5) is 34.4. The molecule has 0 unspecified atom stereocenters. The lowest BCUT2D eigenvalue weighted by Crippen LogP contribution is -2.27. The van der Waals surface area contributed by atoms with E-state index in [0.29, 0.717) is 18.2 Å². The number of carboxylic acids is 1. The van der Waals surface area contributed by atoms with Gasteiger partial charge in [-0.3, -0.25) is 9.63 Å². The molecule has 30 heavy (non-hydrogen) atoms. The van der Waals surface area contributed by atoms with E-state index in [4.69, 9.17) is 14.7 Å². The molecule has 162 valence electrons. The molecule has 2 aliphatic rings. The Morgan fingerprint density at radius 2 is 1.93 bits per heavy atom. The Morgan fingerprint density at radius 1 is 1.20 bits per heavy atom. The number of halogens is 3. The van der Waals surface area contributed by atoms with E-state index in [1.165, 1.54) is 16.4 Å². The molecule has 0 atom stereocenters. The zero-order chi connectivity index (χ0) is 21.9. The molecule has 2 aromatic heterocycles. The van der Waals surface area contributed by atoms with E-state index in [2.05, 4.69) is 15.2 Å². The first-order valence-electron chi connectivity index (χ1n) is 8.99.